The van der Waals surface area contributed by atoms with Crippen molar-refractivity contribution in [1.29, 1.82) is 0 Å². The normalized spacial score (nSPS) is 18.2. The summed E-state index contributed by atoms with van der Waals surface area (Å²) in [6.45, 7) is 3.07. The molecule has 1 heterocycles. The Morgan fingerprint density at radius 1 is 0.808 bits per heavy atom. The van der Waals surface area contributed by atoms with Gasteiger partial charge in [0.05, 0.1) is 0 Å². The number of hydrogen-bond acceptors (Lipinski definition) is 4. The van der Waals surface area contributed by atoms with Gasteiger partial charge < -0.3 is 9.47 Å². The lowest BCUT2D eigenvalue weighted by molar-refractivity contribution is -0.251. The highest BCUT2D eigenvalue weighted by molar-refractivity contribution is 6.30. The van der Waals surface area contributed by atoms with Crippen LogP contribution in [0.2, 0.25) is 10.0 Å². The quantitative estimate of drug-likeness (QED) is 0.563. The van der Waals surface area contributed by atoms with Crippen LogP contribution in [0, 0.1) is 5.41 Å². The van der Waals surface area contributed by atoms with Crippen molar-refractivity contribution in [3.63, 3.8) is 0 Å². The average Bonchev–Trinajstić information content (AvgIpc) is 2.52. The van der Waals surface area contributed by atoms with Gasteiger partial charge in [-0.2, -0.15) is 0 Å². The van der Waals surface area contributed by atoms with Crippen LogP contribution in [0.1, 0.15) is 25.0 Å². The first kappa shape index (κ1) is 18.7. The SMILES string of the molecule is CC1(C)OC(=O)C(Cc2cccc(Cl)c2)(Cc2cccc(Cl)c2)C(=O)O1. The molecule has 136 valence electrons. The fraction of sp³-hybridized carbons (Fsp3) is 0.300. The van der Waals surface area contributed by atoms with Crippen molar-refractivity contribution < 1.29 is 19.1 Å². The Balaban J connectivity index is 2.03. The van der Waals surface area contributed by atoms with Crippen LogP contribution in [0.3, 0.4) is 0 Å². The van der Waals surface area contributed by atoms with E-state index in [2.05, 4.69) is 0 Å². The van der Waals surface area contributed by atoms with Gasteiger partial charge in [0.15, 0.2) is 5.41 Å². The molecule has 1 saturated heterocycles. The zero-order valence-corrected chi connectivity index (χ0v) is 15.9. The second-order valence-electron chi connectivity index (χ2n) is 6.87. The number of cyclic esters (lactones) is 2. The van der Waals surface area contributed by atoms with Crippen LogP contribution in [-0.4, -0.2) is 17.7 Å². The summed E-state index contributed by atoms with van der Waals surface area (Å²) in [6, 6.07) is 14.1. The van der Waals surface area contributed by atoms with Crippen molar-refractivity contribution in [1.82, 2.24) is 0 Å². The number of rotatable bonds is 4. The predicted octanol–water partition coefficient (Wildman–Crippen LogP) is 4.60. The number of esters is 2. The lowest BCUT2D eigenvalue weighted by atomic mass is 9.75. The smallest absolute Gasteiger partial charge is 0.327 e. The molecule has 3 rings (SSSR count). The van der Waals surface area contributed by atoms with E-state index in [1.54, 1.807) is 36.4 Å². The summed E-state index contributed by atoms with van der Waals surface area (Å²) in [5.41, 5.74) is -0.00787. The maximum Gasteiger partial charge on any atom is 0.327 e. The molecule has 0 N–H and O–H groups in total. The maximum atomic E-state index is 12.9. The van der Waals surface area contributed by atoms with Crippen molar-refractivity contribution in [2.75, 3.05) is 0 Å². The number of hydrogen-bond donors (Lipinski definition) is 0. The summed E-state index contributed by atoms with van der Waals surface area (Å²) in [4.78, 5) is 25.9. The lowest BCUT2D eigenvalue weighted by Crippen LogP contribution is -2.56. The number of ether oxygens (including phenoxy) is 2. The molecule has 0 unspecified atom stereocenters. The molecule has 1 aliphatic rings. The molecule has 0 aliphatic carbocycles. The van der Waals surface area contributed by atoms with Gasteiger partial charge in [0.25, 0.3) is 5.79 Å². The highest BCUT2D eigenvalue weighted by Crippen LogP contribution is 2.39. The Morgan fingerprint density at radius 3 is 1.62 bits per heavy atom. The largest absolute Gasteiger partial charge is 0.422 e. The minimum absolute atomic E-state index is 0.119. The van der Waals surface area contributed by atoms with Crippen molar-refractivity contribution in [2.45, 2.75) is 32.5 Å². The second-order valence-corrected chi connectivity index (χ2v) is 7.75. The van der Waals surface area contributed by atoms with Crippen LogP contribution in [0.25, 0.3) is 0 Å². The zero-order valence-electron chi connectivity index (χ0n) is 14.4. The van der Waals surface area contributed by atoms with Crippen LogP contribution >= 0.6 is 23.2 Å². The molecule has 1 fully saturated rings. The number of carbonyl (C=O) groups excluding carboxylic acids is 2. The Kier molecular flexibility index (Phi) is 5.00. The molecule has 6 heteroatoms. The molecule has 26 heavy (non-hydrogen) atoms. The minimum Gasteiger partial charge on any atom is -0.422 e. The molecule has 0 saturated carbocycles. The summed E-state index contributed by atoms with van der Waals surface area (Å²) < 4.78 is 10.8. The number of carbonyl (C=O) groups is 2. The first-order valence-electron chi connectivity index (χ1n) is 8.16. The molecule has 4 nitrogen and oxygen atoms in total. The molecule has 0 bridgehead atoms. The lowest BCUT2D eigenvalue weighted by Gasteiger charge is -2.40. The Morgan fingerprint density at radius 2 is 1.23 bits per heavy atom. The van der Waals surface area contributed by atoms with E-state index in [1.807, 2.05) is 12.1 Å². The predicted molar refractivity (Wildman–Crippen MR) is 99.0 cm³/mol. The summed E-state index contributed by atoms with van der Waals surface area (Å²) >= 11 is 12.1. The molecule has 0 amide bonds. The van der Waals surface area contributed by atoms with Crippen molar-refractivity contribution in [3.05, 3.63) is 69.7 Å². The monoisotopic (exact) mass is 392 g/mol. The Hall–Kier alpha value is -2.04. The van der Waals surface area contributed by atoms with Crippen LogP contribution in [0.15, 0.2) is 48.5 Å². The fourth-order valence-corrected chi connectivity index (χ4v) is 3.51. The molecule has 0 aromatic heterocycles. The van der Waals surface area contributed by atoms with Gasteiger partial charge in [-0.15, -0.1) is 0 Å². The van der Waals surface area contributed by atoms with E-state index < -0.39 is 23.1 Å². The van der Waals surface area contributed by atoms with Gasteiger partial charge in [0.2, 0.25) is 0 Å². The molecule has 0 spiro atoms. The van der Waals surface area contributed by atoms with Crippen molar-refractivity contribution >= 4 is 35.1 Å². The van der Waals surface area contributed by atoms with Crippen molar-refractivity contribution in [2.24, 2.45) is 5.41 Å². The molecule has 0 atom stereocenters. The highest BCUT2D eigenvalue weighted by atomic mass is 35.5. The summed E-state index contributed by atoms with van der Waals surface area (Å²) in [7, 11) is 0. The first-order valence-corrected chi connectivity index (χ1v) is 8.92. The van der Waals surface area contributed by atoms with Gasteiger partial charge in [0, 0.05) is 23.9 Å². The maximum absolute atomic E-state index is 12.9. The van der Waals surface area contributed by atoms with E-state index in [0.717, 1.165) is 11.1 Å². The Bertz CT molecular complexity index is 791. The van der Waals surface area contributed by atoms with Gasteiger partial charge in [-0.1, -0.05) is 47.5 Å². The molecule has 2 aromatic carbocycles. The summed E-state index contributed by atoms with van der Waals surface area (Å²) in [5, 5.41) is 1.05. The zero-order chi connectivity index (χ0) is 18.9. The first-order chi connectivity index (χ1) is 12.2. The van der Waals surface area contributed by atoms with E-state index >= 15 is 0 Å². The van der Waals surface area contributed by atoms with Gasteiger partial charge in [-0.3, -0.25) is 9.59 Å². The third kappa shape index (κ3) is 3.87. The minimum atomic E-state index is -1.50. The molecule has 1 aliphatic heterocycles. The standard InChI is InChI=1S/C20H18Cl2O4/c1-19(2)25-17(23)20(18(24)26-19,11-13-5-3-7-15(21)9-13)12-14-6-4-8-16(22)10-14/h3-10H,11-12H2,1-2H3. The molecule has 2 aromatic rings. The van der Waals surface area contributed by atoms with Gasteiger partial charge in [-0.25, -0.2) is 0 Å². The number of halogens is 2. The van der Waals surface area contributed by atoms with Crippen LogP contribution < -0.4 is 0 Å². The van der Waals surface area contributed by atoms with E-state index in [9.17, 15) is 9.59 Å². The van der Waals surface area contributed by atoms with E-state index in [0.29, 0.717) is 10.0 Å². The highest BCUT2D eigenvalue weighted by Gasteiger charge is 2.56. The number of benzene rings is 2. The van der Waals surface area contributed by atoms with Gasteiger partial charge >= 0.3 is 11.9 Å². The molecular formula is C20H18Cl2O4. The summed E-state index contributed by atoms with van der Waals surface area (Å²) in [6.07, 6.45) is 0.238. The molecular weight excluding hydrogens is 375 g/mol. The summed E-state index contributed by atoms with van der Waals surface area (Å²) in [5.74, 6) is -2.52. The van der Waals surface area contributed by atoms with Gasteiger partial charge in [-0.05, 0) is 48.2 Å². The van der Waals surface area contributed by atoms with E-state index in [1.165, 1.54) is 13.8 Å². The van der Waals surface area contributed by atoms with E-state index in [-0.39, 0.29) is 12.8 Å². The average molecular weight is 393 g/mol. The van der Waals surface area contributed by atoms with E-state index in [4.69, 9.17) is 32.7 Å². The third-order valence-corrected chi connectivity index (χ3v) is 4.72. The van der Waals surface area contributed by atoms with Crippen molar-refractivity contribution in [3.8, 4) is 0 Å². The van der Waals surface area contributed by atoms with Crippen LogP contribution in [-0.2, 0) is 31.9 Å². The third-order valence-electron chi connectivity index (χ3n) is 4.25. The second kappa shape index (κ2) is 6.93. The molecule has 0 radical (unpaired) electrons. The Labute approximate surface area is 162 Å². The fourth-order valence-electron chi connectivity index (χ4n) is 3.09. The van der Waals surface area contributed by atoms with Crippen LogP contribution in [0.5, 0.6) is 0 Å². The van der Waals surface area contributed by atoms with Crippen LogP contribution in [0.4, 0.5) is 0 Å². The van der Waals surface area contributed by atoms with Gasteiger partial charge in [0.1, 0.15) is 0 Å². The topological polar surface area (TPSA) is 52.6 Å².